The van der Waals surface area contributed by atoms with Crippen molar-refractivity contribution < 1.29 is 32.5 Å². The van der Waals surface area contributed by atoms with Crippen LogP contribution < -0.4 is 9.64 Å². The van der Waals surface area contributed by atoms with Gasteiger partial charge in [0, 0.05) is 30.9 Å². The van der Waals surface area contributed by atoms with E-state index in [0.29, 0.717) is 61.0 Å². The second-order valence-corrected chi connectivity index (χ2v) is 13.8. The molecule has 3 saturated heterocycles. The van der Waals surface area contributed by atoms with Gasteiger partial charge in [0.05, 0.1) is 23.5 Å². The number of hydrogen-bond donors (Lipinski definition) is 2. The van der Waals surface area contributed by atoms with Gasteiger partial charge in [-0.3, -0.25) is 4.90 Å². The first-order chi connectivity index (χ1) is 22.7. The summed E-state index contributed by atoms with van der Waals surface area (Å²) in [6.45, 7) is 4.30. The number of anilines is 1. The molecule has 4 fully saturated rings. The minimum absolute atomic E-state index is 0.00783. The largest absolute Gasteiger partial charge is 0.508 e. The summed E-state index contributed by atoms with van der Waals surface area (Å²) < 4.78 is 68.0. The molecule has 4 aromatic rings. The number of halogens is 4. The van der Waals surface area contributed by atoms with E-state index in [9.17, 15) is 19.0 Å². The Labute approximate surface area is 269 Å². The van der Waals surface area contributed by atoms with E-state index < -0.39 is 34.7 Å². The molecule has 2 N–H and O–H groups in total. The predicted octanol–water partition coefficient (Wildman–Crippen LogP) is 6.81. The molecule has 0 radical (unpaired) electrons. The van der Waals surface area contributed by atoms with Gasteiger partial charge in [0.2, 0.25) is 0 Å². The number of nitrogens with zero attached hydrogens (tertiary/aromatic N) is 4. The number of phenolic OH excluding ortho intramolecular Hbond substituents is 1. The normalized spacial score (nSPS) is 26.6. The number of aliphatic hydroxyl groups excluding tert-OH is 1. The Morgan fingerprint density at radius 1 is 1.09 bits per heavy atom. The third-order valence-electron chi connectivity index (χ3n) is 10.9. The zero-order chi connectivity index (χ0) is 32.6. The standard InChI is InChI=1S/C36H36F4N4O3/c1-2-24-27(38)5-4-21-10-23(45)11-25(30(21)24)31-28(39)12-26-33(32(31)40)41-35(42-34(26)43-15-19-8-22(17-43)29(46)9-19)47-18-36-6-3-7-44(36)16-20(13-36)14-37/h4-5,10-12,14,19,22,29,45-46H,2-3,6-9,13,15-18H2,1H3/b20-14-/t19-,22-,29-,36?/m1/s1. The minimum Gasteiger partial charge on any atom is -0.508 e. The van der Waals surface area contributed by atoms with Gasteiger partial charge in [0.15, 0.2) is 5.82 Å². The lowest BCUT2D eigenvalue weighted by Crippen LogP contribution is -2.43. The minimum atomic E-state index is -0.976. The van der Waals surface area contributed by atoms with Crippen LogP contribution in [0.15, 0.2) is 42.2 Å². The van der Waals surface area contributed by atoms with Crippen LogP contribution >= 0.6 is 0 Å². The zero-order valence-corrected chi connectivity index (χ0v) is 26.1. The smallest absolute Gasteiger partial charge is 0.319 e. The predicted molar refractivity (Wildman–Crippen MR) is 171 cm³/mol. The summed E-state index contributed by atoms with van der Waals surface area (Å²) in [6.07, 6.45) is 4.28. The summed E-state index contributed by atoms with van der Waals surface area (Å²) >= 11 is 0. The van der Waals surface area contributed by atoms with E-state index in [1.807, 2.05) is 4.90 Å². The number of benzene rings is 3. The van der Waals surface area contributed by atoms with Crippen LogP contribution in [0.1, 0.15) is 44.6 Å². The van der Waals surface area contributed by atoms with Gasteiger partial charge in [-0.1, -0.05) is 13.0 Å². The van der Waals surface area contributed by atoms with E-state index in [1.165, 1.54) is 30.3 Å². The Bertz CT molecular complexity index is 1950. The lowest BCUT2D eigenvalue weighted by molar-refractivity contribution is 0.108. The number of aryl methyl sites for hydroxylation is 1. The van der Waals surface area contributed by atoms with Crippen LogP contribution in [0.3, 0.4) is 0 Å². The Hall–Kier alpha value is -3.96. The molecule has 4 atom stereocenters. The molecule has 11 heteroatoms. The third kappa shape index (κ3) is 4.92. The lowest BCUT2D eigenvalue weighted by Gasteiger charge is -2.34. The molecule has 0 amide bonds. The highest BCUT2D eigenvalue weighted by Crippen LogP contribution is 2.45. The molecule has 4 heterocycles. The van der Waals surface area contributed by atoms with Crippen LogP contribution in [0.2, 0.25) is 0 Å². The van der Waals surface area contributed by atoms with E-state index in [-0.39, 0.29) is 58.7 Å². The zero-order valence-electron chi connectivity index (χ0n) is 26.1. The molecule has 2 bridgehead atoms. The van der Waals surface area contributed by atoms with Crippen molar-refractivity contribution in [2.24, 2.45) is 11.8 Å². The van der Waals surface area contributed by atoms with Crippen LogP contribution in [0, 0.1) is 29.3 Å². The second kappa shape index (κ2) is 11.3. The van der Waals surface area contributed by atoms with Crippen molar-refractivity contribution in [2.45, 2.75) is 57.1 Å². The van der Waals surface area contributed by atoms with Gasteiger partial charge in [-0.05, 0) is 103 Å². The molecular formula is C36H36F4N4O3. The van der Waals surface area contributed by atoms with Crippen LogP contribution in [0.4, 0.5) is 23.4 Å². The first-order valence-electron chi connectivity index (χ1n) is 16.4. The Balaban J connectivity index is 1.29. The number of aromatic nitrogens is 2. The lowest BCUT2D eigenvalue weighted by atomic mass is 9.91. The first-order valence-corrected chi connectivity index (χ1v) is 16.4. The van der Waals surface area contributed by atoms with E-state index in [2.05, 4.69) is 9.88 Å². The van der Waals surface area contributed by atoms with Crippen molar-refractivity contribution in [3.8, 4) is 22.9 Å². The second-order valence-electron chi connectivity index (χ2n) is 13.8. The highest BCUT2D eigenvalue weighted by molar-refractivity contribution is 6.03. The van der Waals surface area contributed by atoms with E-state index in [4.69, 9.17) is 9.72 Å². The van der Waals surface area contributed by atoms with Gasteiger partial charge >= 0.3 is 6.01 Å². The fraction of sp³-hybridized carbons (Fsp3) is 0.444. The molecule has 4 aliphatic rings. The van der Waals surface area contributed by atoms with Crippen LogP contribution in [-0.2, 0) is 6.42 Å². The Morgan fingerprint density at radius 2 is 1.94 bits per heavy atom. The van der Waals surface area contributed by atoms with Gasteiger partial charge in [0.1, 0.15) is 35.3 Å². The van der Waals surface area contributed by atoms with E-state index >= 15 is 8.78 Å². The summed E-state index contributed by atoms with van der Waals surface area (Å²) in [5, 5.41) is 22.1. The first kappa shape index (κ1) is 30.4. The number of piperidine rings is 1. The van der Waals surface area contributed by atoms with Crippen LogP contribution in [0.25, 0.3) is 32.8 Å². The van der Waals surface area contributed by atoms with Gasteiger partial charge < -0.3 is 19.8 Å². The van der Waals surface area contributed by atoms with E-state index in [0.717, 1.165) is 25.8 Å². The molecule has 1 aromatic heterocycles. The molecule has 8 rings (SSSR count). The molecule has 0 spiro atoms. The fourth-order valence-electron chi connectivity index (χ4n) is 8.81. The molecule has 3 aliphatic heterocycles. The van der Waals surface area contributed by atoms with Crippen LogP contribution in [0.5, 0.6) is 11.8 Å². The van der Waals surface area contributed by atoms with E-state index in [1.54, 1.807) is 6.92 Å². The molecular weight excluding hydrogens is 612 g/mol. The quantitative estimate of drug-likeness (QED) is 0.222. The molecule has 1 unspecified atom stereocenters. The molecule has 246 valence electrons. The number of aromatic hydroxyl groups is 1. The number of hydrogen-bond acceptors (Lipinski definition) is 7. The molecule has 7 nitrogen and oxygen atoms in total. The van der Waals surface area contributed by atoms with Crippen molar-refractivity contribution in [1.82, 2.24) is 14.9 Å². The topological polar surface area (TPSA) is 82.0 Å². The Morgan fingerprint density at radius 3 is 2.72 bits per heavy atom. The van der Waals surface area contributed by atoms with Crippen molar-refractivity contribution in [3.63, 3.8) is 0 Å². The number of ether oxygens (including phenoxy) is 1. The molecule has 1 aliphatic carbocycles. The number of aliphatic hydroxyl groups is 1. The summed E-state index contributed by atoms with van der Waals surface area (Å²) in [5.74, 6) is -2.06. The maximum atomic E-state index is 16.9. The monoisotopic (exact) mass is 648 g/mol. The molecule has 1 saturated carbocycles. The Kier molecular flexibility index (Phi) is 7.33. The SMILES string of the molecule is CCc1c(F)ccc2cc(O)cc(-c3c(F)cc4c(N5C[C@@H]6C[C@H](C5)[C@H](O)C6)nc(OCC56CCCN5C/C(=C\F)C6)nc4c3F)c12. The highest BCUT2D eigenvalue weighted by atomic mass is 19.1. The van der Waals surface area contributed by atoms with Gasteiger partial charge in [-0.2, -0.15) is 9.97 Å². The summed E-state index contributed by atoms with van der Waals surface area (Å²) in [6, 6.07) is 6.58. The molecule has 3 aromatic carbocycles. The number of rotatable bonds is 6. The maximum Gasteiger partial charge on any atom is 0.319 e. The summed E-state index contributed by atoms with van der Waals surface area (Å²) in [7, 11) is 0. The fourth-order valence-corrected chi connectivity index (χ4v) is 8.81. The summed E-state index contributed by atoms with van der Waals surface area (Å²) in [4.78, 5) is 13.4. The number of fused-ring (bicyclic) bond motifs is 5. The van der Waals surface area contributed by atoms with Crippen molar-refractivity contribution in [1.29, 1.82) is 0 Å². The van der Waals surface area contributed by atoms with Crippen molar-refractivity contribution in [3.05, 3.63) is 65.2 Å². The third-order valence-corrected chi connectivity index (χ3v) is 10.9. The van der Waals surface area contributed by atoms with Gasteiger partial charge in [-0.25, -0.2) is 17.6 Å². The van der Waals surface area contributed by atoms with Crippen molar-refractivity contribution in [2.75, 3.05) is 37.7 Å². The average Bonchev–Trinajstić information content (AvgIpc) is 3.69. The summed E-state index contributed by atoms with van der Waals surface area (Å²) in [5.41, 5.74) is -0.0157. The average molecular weight is 649 g/mol. The highest BCUT2D eigenvalue weighted by Gasteiger charge is 2.47. The molecule has 47 heavy (non-hydrogen) atoms. The van der Waals surface area contributed by atoms with Gasteiger partial charge in [0.25, 0.3) is 0 Å². The number of phenols is 1. The van der Waals surface area contributed by atoms with Gasteiger partial charge in [-0.15, -0.1) is 0 Å². The maximum absolute atomic E-state index is 16.9. The van der Waals surface area contributed by atoms with Crippen molar-refractivity contribution >= 4 is 27.5 Å². The van der Waals surface area contributed by atoms with Crippen LogP contribution in [-0.4, -0.2) is 69.5 Å².